The van der Waals surface area contributed by atoms with Crippen molar-refractivity contribution in [2.24, 2.45) is 11.7 Å². The SMILES string of the molecule is N[C@@H]1CCC[C@H](C(=O)Nc2cc(-c3cccc4[nH]ccc34)c(F)cn2)C1. The largest absolute Gasteiger partial charge is 0.361 e. The number of anilines is 1. The Bertz CT molecular complexity index is 952. The maximum atomic E-state index is 14.4. The molecule has 5 nitrogen and oxygen atoms in total. The van der Waals surface area contributed by atoms with Gasteiger partial charge in [0.2, 0.25) is 5.91 Å². The van der Waals surface area contributed by atoms with Crippen LogP contribution in [0.3, 0.4) is 0 Å². The highest BCUT2D eigenvalue weighted by atomic mass is 19.1. The summed E-state index contributed by atoms with van der Waals surface area (Å²) < 4.78 is 14.4. The molecule has 0 spiro atoms. The van der Waals surface area contributed by atoms with E-state index in [1.807, 2.05) is 30.5 Å². The molecule has 1 aliphatic carbocycles. The van der Waals surface area contributed by atoms with Gasteiger partial charge in [-0.15, -0.1) is 0 Å². The summed E-state index contributed by atoms with van der Waals surface area (Å²) in [6.45, 7) is 0. The molecule has 2 atom stereocenters. The molecule has 2 heterocycles. The highest BCUT2D eigenvalue weighted by Gasteiger charge is 2.25. The smallest absolute Gasteiger partial charge is 0.228 e. The van der Waals surface area contributed by atoms with Gasteiger partial charge in [0.1, 0.15) is 11.6 Å². The number of hydrogen-bond acceptors (Lipinski definition) is 3. The fourth-order valence-corrected chi connectivity index (χ4v) is 3.73. The zero-order chi connectivity index (χ0) is 18.1. The first-order valence-corrected chi connectivity index (χ1v) is 8.90. The summed E-state index contributed by atoms with van der Waals surface area (Å²) in [5.74, 6) is -0.262. The molecule has 0 saturated heterocycles. The molecule has 2 aromatic heterocycles. The van der Waals surface area contributed by atoms with Crippen LogP contribution in [0.5, 0.6) is 0 Å². The van der Waals surface area contributed by atoms with E-state index in [0.717, 1.165) is 41.9 Å². The third kappa shape index (κ3) is 3.20. The molecule has 0 bridgehead atoms. The number of carbonyl (C=O) groups is 1. The first-order chi connectivity index (χ1) is 12.6. The van der Waals surface area contributed by atoms with Crippen LogP contribution in [0.25, 0.3) is 22.0 Å². The second kappa shape index (κ2) is 6.88. The van der Waals surface area contributed by atoms with Crippen molar-refractivity contribution in [2.75, 3.05) is 5.32 Å². The molecule has 4 N–H and O–H groups in total. The monoisotopic (exact) mass is 352 g/mol. The summed E-state index contributed by atoms with van der Waals surface area (Å²) in [6, 6.07) is 9.25. The molecule has 1 aromatic carbocycles. The van der Waals surface area contributed by atoms with Crippen LogP contribution in [0.4, 0.5) is 10.2 Å². The third-order valence-electron chi connectivity index (χ3n) is 5.08. The first-order valence-electron chi connectivity index (χ1n) is 8.90. The van der Waals surface area contributed by atoms with Crippen molar-refractivity contribution in [1.29, 1.82) is 0 Å². The Hall–Kier alpha value is -2.73. The number of fused-ring (bicyclic) bond motifs is 1. The Kier molecular flexibility index (Phi) is 4.42. The molecule has 0 unspecified atom stereocenters. The van der Waals surface area contributed by atoms with Crippen LogP contribution < -0.4 is 11.1 Å². The molecule has 1 fully saturated rings. The maximum Gasteiger partial charge on any atom is 0.228 e. The molecular formula is C20H21FN4O. The number of hydrogen-bond donors (Lipinski definition) is 3. The van der Waals surface area contributed by atoms with Gasteiger partial charge in [-0.3, -0.25) is 4.79 Å². The summed E-state index contributed by atoms with van der Waals surface area (Å²) in [5, 5.41) is 3.76. The summed E-state index contributed by atoms with van der Waals surface area (Å²) in [4.78, 5) is 19.7. The topological polar surface area (TPSA) is 83.8 Å². The fourth-order valence-electron chi connectivity index (χ4n) is 3.73. The lowest BCUT2D eigenvalue weighted by atomic mass is 9.85. The molecule has 1 saturated carbocycles. The molecule has 0 radical (unpaired) electrons. The molecule has 134 valence electrons. The van der Waals surface area contributed by atoms with Gasteiger partial charge in [-0.2, -0.15) is 0 Å². The number of aromatic nitrogens is 2. The fraction of sp³-hybridized carbons (Fsp3) is 0.300. The van der Waals surface area contributed by atoms with Gasteiger partial charge in [-0.05, 0) is 43.0 Å². The summed E-state index contributed by atoms with van der Waals surface area (Å²) in [5.41, 5.74) is 8.08. The van der Waals surface area contributed by atoms with Crippen molar-refractivity contribution in [2.45, 2.75) is 31.7 Å². The highest BCUT2D eigenvalue weighted by molar-refractivity contribution is 5.97. The van der Waals surface area contributed by atoms with Crippen LogP contribution in [0.1, 0.15) is 25.7 Å². The van der Waals surface area contributed by atoms with Crippen molar-refractivity contribution in [3.63, 3.8) is 0 Å². The minimum atomic E-state index is -0.420. The number of benzene rings is 1. The van der Waals surface area contributed by atoms with Gasteiger partial charge >= 0.3 is 0 Å². The van der Waals surface area contributed by atoms with Crippen molar-refractivity contribution in [1.82, 2.24) is 9.97 Å². The van der Waals surface area contributed by atoms with Crippen LogP contribution in [0.2, 0.25) is 0 Å². The summed E-state index contributed by atoms with van der Waals surface area (Å²) >= 11 is 0. The Labute approximate surface area is 150 Å². The van der Waals surface area contributed by atoms with E-state index in [1.165, 1.54) is 0 Å². The van der Waals surface area contributed by atoms with Gasteiger partial charge in [0.25, 0.3) is 0 Å². The van der Waals surface area contributed by atoms with E-state index < -0.39 is 5.82 Å². The average molecular weight is 352 g/mol. The third-order valence-corrected chi connectivity index (χ3v) is 5.08. The van der Waals surface area contributed by atoms with Crippen LogP contribution in [-0.2, 0) is 4.79 Å². The number of nitrogens with one attached hydrogen (secondary N) is 2. The van der Waals surface area contributed by atoms with E-state index in [2.05, 4.69) is 15.3 Å². The Balaban J connectivity index is 1.62. The highest BCUT2D eigenvalue weighted by Crippen LogP contribution is 2.31. The number of carbonyl (C=O) groups excluding carboxylic acids is 1. The zero-order valence-electron chi connectivity index (χ0n) is 14.3. The van der Waals surface area contributed by atoms with Gasteiger partial charge in [-0.25, -0.2) is 9.37 Å². The number of rotatable bonds is 3. The number of H-pyrrole nitrogens is 1. The van der Waals surface area contributed by atoms with Gasteiger partial charge in [-0.1, -0.05) is 18.6 Å². The molecule has 0 aliphatic heterocycles. The standard InChI is InChI=1S/C20H21FN4O/c21-17-11-24-19(25-20(26)12-3-1-4-13(22)9-12)10-16(17)14-5-2-6-18-15(14)7-8-23-18/h2,5-8,10-13,23H,1,3-4,9,22H2,(H,24,25,26)/t12-,13+/m0/s1. The number of nitrogens with two attached hydrogens (primary N) is 1. The molecule has 4 rings (SSSR count). The maximum absolute atomic E-state index is 14.4. The Morgan fingerprint density at radius 1 is 1.27 bits per heavy atom. The second-order valence-electron chi connectivity index (χ2n) is 6.91. The molecule has 3 aromatic rings. The predicted molar refractivity (Wildman–Crippen MR) is 100 cm³/mol. The normalized spacial score (nSPS) is 20.2. The average Bonchev–Trinajstić information content (AvgIpc) is 3.12. The number of amides is 1. The number of pyridine rings is 1. The quantitative estimate of drug-likeness (QED) is 0.670. The van der Waals surface area contributed by atoms with Crippen molar-refractivity contribution in [3.05, 3.63) is 48.5 Å². The van der Waals surface area contributed by atoms with E-state index in [9.17, 15) is 9.18 Å². The van der Waals surface area contributed by atoms with Crippen LogP contribution in [0.15, 0.2) is 42.7 Å². The van der Waals surface area contributed by atoms with Crippen molar-refractivity contribution >= 4 is 22.6 Å². The van der Waals surface area contributed by atoms with E-state index in [0.29, 0.717) is 17.8 Å². The lowest BCUT2D eigenvalue weighted by Crippen LogP contribution is -2.34. The molecule has 6 heteroatoms. The minimum absolute atomic E-state index is 0.0717. The van der Waals surface area contributed by atoms with Crippen molar-refractivity contribution in [3.8, 4) is 11.1 Å². The summed E-state index contributed by atoms with van der Waals surface area (Å²) in [6.07, 6.45) is 6.41. The second-order valence-corrected chi connectivity index (χ2v) is 6.91. The number of halogens is 1. The molecular weight excluding hydrogens is 331 g/mol. The molecule has 1 aliphatic rings. The molecule has 26 heavy (non-hydrogen) atoms. The van der Waals surface area contributed by atoms with Crippen LogP contribution in [0, 0.1) is 11.7 Å². The number of nitrogens with zero attached hydrogens (tertiary/aromatic N) is 1. The summed E-state index contributed by atoms with van der Waals surface area (Å²) in [7, 11) is 0. The van der Waals surface area contributed by atoms with E-state index in [-0.39, 0.29) is 17.9 Å². The lowest BCUT2D eigenvalue weighted by molar-refractivity contribution is -0.120. The van der Waals surface area contributed by atoms with Gasteiger partial charge < -0.3 is 16.0 Å². The predicted octanol–water partition coefficient (Wildman–Crippen LogP) is 3.83. The van der Waals surface area contributed by atoms with E-state index >= 15 is 0 Å². The Morgan fingerprint density at radius 2 is 2.15 bits per heavy atom. The minimum Gasteiger partial charge on any atom is -0.361 e. The van der Waals surface area contributed by atoms with Gasteiger partial charge in [0, 0.05) is 34.6 Å². The lowest BCUT2D eigenvalue weighted by Gasteiger charge is -2.25. The van der Waals surface area contributed by atoms with Gasteiger partial charge in [0.05, 0.1) is 6.20 Å². The van der Waals surface area contributed by atoms with Crippen molar-refractivity contribution < 1.29 is 9.18 Å². The van der Waals surface area contributed by atoms with Crippen LogP contribution >= 0.6 is 0 Å². The Morgan fingerprint density at radius 3 is 3.00 bits per heavy atom. The van der Waals surface area contributed by atoms with Crippen LogP contribution in [-0.4, -0.2) is 21.9 Å². The molecule has 1 amide bonds. The zero-order valence-corrected chi connectivity index (χ0v) is 14.3. The van der Waals surface area contributed by atoms with E-state index in [1.54, 1.807) is 6.07 Å². The van der Waals surface area contributed by atoms with E-state index in [4.69, 9.17) is 5.73 Å². The van der Waals surface area contributed by atoms with Gasteiger partial charge in [0.15, 0.2) is 0 Å². The first kappa shape index (κ1) is 16.7. The number of aromatic amines is 1.